The maximum absolute atomic E-state index is 10.8. The summed E-state index contributed by atoms with van der Waals surface area (Å²) >= 11 is 0. The van der Waals surface area contributed by atoms with Crippen molar-refractivity contribution in [1.82, 2.24) is 14.9 Å². The molecule has 2 N–H and O–H groups in total. The lowest BCUT2D eigenvalue weighted by Gasteiger charge is -2.07. The largest absolute Gasteiger partial charge is 0.406 e. The molecule has 0 saturated heterocycles. The first-order valence-corrected chi connectivity index (χ1v) is 5.70. The molecular formula is C10H19N5O2. The highest BCUT2D eigenvalue weighted by atomic mass is 16.6. The van der Waals surface area contributed by atoms with Crippen LogP contribution in [0.5, 0.6) is 0 Å². The van der Waals surface area contributed by atoms with E-state index in [0.717, 1.165) is 19.5 Å². The summed E-state index contributed by atoms with van der Waals surface area (Å²) in [6, 6.07) is 0. The number of aryl methyl sites for hydroxylation is 1. The van der Waals surface area contributed by atoms with Gasteiger partial charge in [-0.15, -0.1) is 0 Å². The summed E-state index contributed by atoms with van der Waals surface area (Å²) in [6.45, 7) is 6.20. The monoisotopic (exact) mass is 241 g/mol. The van der Waals surface area contributed by atoms with E-state index in [1.165, 1.54) is 0 Å². The van der Waals surface area contributed by atoms with E-state index in [-0.39, 0.29) is 5.82 Å². The van der Waals surface area contributed by atoms with E-state index in [2.05, 4.69) is 22.5 Å². The molecule has 0 spiro atoms. The fraction of sp³-hybridized carbons (Fsp3) is 0.700. The van der Waals surface area contributed by atoms with Crippen molar-refractivity contribution in [3.63, 3.8) is 0 Å². The van der Waals surface area contributed by atoms with Gasteiger partial charge in [-0.25, -0.2) is 0 Å². The van der Waals surface area contributed by atoms with Gasteiger partial charge in [0.2, 0.25) is 11.6 Å². The molecule has 0 saturated carbocycles. The smallest absolute Gasteiger partial charge is 0.363 e. The van der Waals surface area contributed by atoms with Crippen molar-refractivity contribution in [2.24, 2.45) is 7.05 Å². The molecule has 0 atom stereocenters. The second-order valence-corrected chi connectivity index (χ2v) is 3.82. The van der Waals surface area contributed by atoms with Crippen molar-refractivity contribution < 1.29 is 4.92 Å². The second-order valence-electron chi connectivity index (χ2n) is 3.82. The molecule has 0 aliphatic heterocycles. The van der Waals surface area contributed by atoms with Crippen LogP contribution in [-0.4, -0.2) is 34.1 Å². The van der Waals surface area contributed by atoms with E-state index in [1.54, 1.807) is 18.5 Å². The van der Waals surface area contributed by atoms with Crippen molar-refractivity contribution >= 4 is 11.6 Å². The Bertz CT molecular complexity index is 388. The average molecular weight is 241 g/mol. The number of nitrogens with zero attached hydrogens (tertiary/aromatic N) is 3. The van der Waals surface area contributed by atoms with E-state index in [9.17, 15) is 10.1 Å². The highest BCUT2D eigenvalue weighted by molar-refractivity contribution is 5.53. The summed E-state index contributed by atoms with van der Waals surface area (Å²) in [6.07, 6.45) is 1.07. The summed E-state index contributed by atoms with van der Waals surface area (Å²) in [4.78, 5) is 14.2. The van der Waals surface area contributed by atoms with Gasteiger partial charge in [-0.05, 0) is 22.9 Å². The van der Waals surface area contributed by atoms with E-state index in [0.29, 0.717) is 18.2 Å². The molecule has 1 aromatic rings. The normalized spacial score (nSPS) is 10.5. The third-order valence-electron chi connectivity index (χ3n) is 2.49. The minimum atomic E-state index is -0.463. The zero-order valence-corrected chi connectivity index (χ0v) is 10.5. The van der Waals surface area contributed by atoms with Gasteiger partial charge in [-0.3, -0.25) is 4.57 Å². The lowest BCUT2D eigenvalue weighted by Crippen LogP contribution is -2.23. The van der Waals surface area contributed by atoms with Crippen LogP contribution in [0.4, 0.5) is 11.6 Å². The maximum atomic E-state index is 10.8. The van der Waals surface area contributed by atoms with E-state index < -0.39 is 4.92 Å². The van der Waals surface area contributed by atoms with Crippen LogP contribution >= 0.6 is 0 Å². The summed E-state index contributed by atoms with van der Waals surface area (Å²) in [5, 5.41) is 17.1. The third-order valence-corrected chi connectivity index (χ3v) is 2.49. The molecule has 1 aromatic heterocycles. The molecule has 0 radical (unpaired) electrons. The predicted molar refractivity (Wildman–Crippen MR) is 66.2 cm³/mol. The number of nitrogens with one attached hydrogen (secondary N) is 2. The summed E-state index contributed by atoms with van der Waals surface area (Å²) < 4.78 is 1.69. The molecule has 96 valence electrons. The van der Waals surface area contributed by atoms with Crippen LogP contribution in [0.1, 0.15) is 19.2 Å². The topological polar surface area (TPSA) is 85.0 Å². The molecular weight excluding hydrogens is 222 g/mol. The Morgan fingerprint density at radius 2 is 2.12 bits per heavy atom. The molecule has 0 fully saturated rings. The Labute approximate surface area is 100 Å². The number of anilines is 1. The highest BCUT2D eigenvalue weighted by Crippen LogP contribution is 2.23. The van der Waals surface area contributed by atoms with Crippen LogP contribution in [0.3, 0.4) is 0 Å². The molecule has 1 heterocycles. The third kappa shape index (κ3) is 3.42. The van der Waals surface area contributed by atoms with Gasteiger partial charge in [0.15, 0.2) is 0 Å². The lowest BCUT2D eigenvalue weighted by atomic mass is 10.4. The number of hydrogen-bond donors (Lipinski definition) is 2. The average Bonchev–Trinajstić information content (AvgIpc) is 2.57. The van der Waals surface area contributed by atoms with E-state index in [4.69, 9.17) is 0 Å². The molecule has 0 unspecified atom stereocenters. The van der Waals surface area contributed by atoms with Crippen molar-refractivity contribution in [2.45, 2.75) is 20.3 Å². The molecule has 7 nitrogen and oxygen atoms in total. The maximum Gasteiger partial charge on any atom is 0.406 e. The fourth-order valence-corrected chi connectivity index (χ4v) is 1.49. The minimum absolute atomic E-state index is 0.111. The molecule has 0 aliphatic carbocycles. The number of nitro groups is 1. The van der Waals surface area contributed by atoms with Gasteiger partial charge in [0.05, 0.1) is 0 Å². The summed E-state index contributed by atoms with van der Waals surface area (Å²) in [7, 11) is 1.76. The van der Waals surface area contributed by atoms with Gasteiger partial charge in [-0.2, -0.15) is 0 Å². The van der Waals surface area contributed by atoms with E-state index >= 15 is 0 Å². The molecule has 0 amide bonds. The van der Waals surface area contributed by atoms with Crippen molar-refractivity contribution in [1.29, 1.82) is 0 Å². The number of hydrogen-bond acceptors (Lipinski definition) is 5. The predicted octanol–water partition coefficient (Wildman–Crippen LogP) is 1.05. The number of imidazole rings is 1. The summed E-state index contributed by atoms with van der Waals surface area (Å²) in [5.41, 5.74) is 0. The van der Waals surface area contributed by atoms with Gasteiger partial charge >= 0.3 is 5.82 Å². The highest BCUT2D eigenvalue weighted by Gasteiger charge is 2.22. The quantitative estimate of drug-likeness (QED) is 0.423. The number of aromatic nitrogens is 2. The van der Waals surface area contributed by atoms with Gasteiger partial charge in [0.1, 0.15) is 0 Å². The van der Waals surface area contributed by atoms with Crippen LogP contribution in [0.2, 0.25) is 0 Å². The van der Waals surface area contributed by atoms with Crippen LogP contribution in [-0.2, 0) is 7.05 Å². The van der Waals surface area contributed by atoms with Gasteiger partial charge < -0.3 is 20.7 Å². The Hall–Kier alpha value is -1.63. The van der Waals surface area contributed by atoms with Crippen LogP contribution in [0.25, 0.3) is 0 Å². The lowest BCUT2D eigenvalue weighted by molar-refractivity contribution is -0.388. The van der Waals surface area contributed by atoms with Gasteiger partial charge in [0.25, 0.3) is 0 Å². The Morgan fingerprint density at radius 3 is 2.71 bits per heavy atom. The Morgan fingerprint density at radius 1 is 1.41 bits per heavy atom. The fourth-order valence-electron chi connectivity index (χ4n) is 1.49. The standard InChI is InChI=1S/C10H19N5O2/c1-4-5-11-6-7-12-9-10(15(16)17)13-8(2)14(9)3/h11-12H,4-7H2,1-3H3. The van der Waals surface area contributed by atoms with E-state index in [1.807, 2.05) is 0 Å². The molecule has 7 heteroatoms. The second kappa shape index (κ2) is 6.19. The van der Waals surface area contributed by atoms with Crippen molar-refractivity contribution in [3.05, 3.63) is 15.9 Å². The molecule has 17 heavy (non-hydrogen) atoms. The summed E-state index contributed by atoms with van der Waals surface area (Å²) in [5.74, 6) is 0.979. The van der Waals surface area contributed by atoms with Crippen molar-refractivity contribution in [3.8, 4) is 0 Å². The van der Waals surface area contributed by atoms with Gasteiger partial charge in [0, 0.05) is 27.1 Å². The first-order chi connectivity index (χ1) is 8.07. The zero-order valence-electron chi connectivity index (χ0n) is 10.5. The SMILES string of the molecule is CCCNCCNc1c([N+](=O)[O-])nc(C)n1C. The Balaban J connectivity index is 2.60. The molecule has 0 aromatic carbocycles. The molecule has 0 bridgehead atoms. The molecule has 1 rings (SSSR count). The van der Waals surface area contributed by atoms with Crippen molar-refractivity contribution in [2.75, 3.05) is 25.0 Å². The van der Waals surface area contributed by atoms with Crippen LogP contribution in [0, 0.1) is 17.0 Å². The number of rotatable bonds is 7. The molecule has 0 aliphatic rings. The van der Waals surface area contributed by atoms with Crippen LogP contribution < -0.4 is 10.6 Å². The first kappa shape index (κ1) is 13.4. The van der Waals surface area contributed by atoms with Crippen LogP contribution in [0.15, 0.2) is 0 Å². The Kier molecular flexibility index (Phi) is 4.89. The zero-order chi connectivity index (χ0) is 12.8. The van der Waals surface area contributed by atoms with Gasteiger partial charge in [-0.1, -0.05) is 6.92 Å². The minimum Gasteiger partial charge on any atom is -0.363 e. The first-order valence-electron chi connectivity index (χ1n) is 5.70.